The Bertz CT molecular complexity index is 851. The van der Waals surface area contributed by atoms with Crippen LogP contribution in [0.15, 0.2) is 36.5 Å². The molecule has 3 rings (SSSR count). The Balaban J connectivity index is 1.85. The second-order valence-corrected chi connectivity index (χ2v) is 6.75. The molecule has 138 valence electrons. The zero-order valence-electron chi connectivity index (χ0n) is 13.7. The first-order valence-corrected chi connectivity index (χ1v) is 8.38. The van der Waals surface area contributed by atoms with E-state index in [2.05, 4.69) is 10.3 Å². The number of hydrogen-bond donors (Lipinski definition) is 3. The minimum Gasteiger partial charge on any atom is -0.393 e. The van der Waals surface area contributed by atoms with Gasteiger partial charge in [0.25, 0.3) is 5.91 Å². The number of carbonyl (C=O) groups is 1. The molecule has 2 unspecified atom stereocenters. The van der Waals surface area contributed by atoms with Gasteiger partial charge in [0.1, 0.15) is 11.4 Å². The summed E-state index contributed by atoms with van der Waals surface area (Å²) in [5.74, 6) is -1.56. The summed E-state index contributed by atoms with van der Waals surface area (Å²) in [6.45, 7) is -0.849. The third-order valence-corrected chi connectivity index (χ3v) is 4.87. The average Bonchev–Trinajstić information content (AvgIpc) is 2.64. The number of aromatic nitrogens is 1. The van der Waals surface area contributed by atoms with E-state index in [4.69, 9.17) is 11.6 Å². The SMILES string of the molecule is O=C(NCc1ccc(Cl)cc1F)C1(F)CCC(O)(CO)c2ncccc21. The first-order chi connectivity index (χ1) is 12.3. The molecule has 0 bridgehead atoms. The van der Waals surface area contributed by atoms with Crippen LogP contribution in [-0.4, -0.2) is 27.7 Å². The van der Waals surface area contributed by atoms with Crippen molar-refractivity contribution in [3.8, 4) is 0 Å². The lowest BCUT2D eigenvalue weighted by Gasteiger charge is -2.38. The van der Waals surface area contributed by atoms with Gasteiger partial charge in [0.2, 0.25) is 5.67 Å². The fraction of sp³-hybridized carbons (Fsp3) is 0.333. The first-order valence-electron chi connectivity index (χ1n) is 8.00. The number of aliphatic hydroxyl groups excluding tert-OH is 1. The predicted octanol–water partition coefficient (Wildman–Crippen LogP) is 2.33. The molecule has 0 saturated carbocycles. The third kappa shape index (κ3) is 3.18. The van der Waals surface area contributed by atoms with Crippen LogP contribution in [0, 0.1) is 5.82 Å². The summed E-state index contributed by atoms with van der Waals surface area (Å²) >= 11 is 5.68. The fourth-order valence-corrected chi connectivity index (χ4v) is 3.26. The minimum absolute atomic E-state index is 0.0657. The molecule has 1 heterocycles. The summed E-state index contributed by atoms with van der Waals surface area (Å²) in [6, 6.07) is 6.78. The van der Waals surface area contributed by atoms with Gasteiger partial charge < -0.3 is 15.5 Å². The van der Waals surface area contributed by atoms with E-state index in [1.165, 1.54) is 30.5 Å². The second kappa shape index (κ2) is 6.90. The van der Waals surface area contributed by atoms with Crippen LogP contribution in [0.1, 0.15) is 29.7 Å². The molecule has 1 aromatic heterocycles. The zero-order valence-corrected chi connectivity index (χ0v) is 14.4. The Labute approximate surface area is 153 Å². The number of nitrogens with zero attached hydrogens (tertiary/aromatic N) is 1. The second-order valence-electron chi connectivity index (χ2n) is 6.31. The Morgan fingerprint density at radius 1 is 1.35 bits per heavy atom. The van der Waals surface area contributed by atoms with Crippen molar-refractivity contribution in [1.82, 2.24) is 10.3 Å². The van der Waals surface area contributed by atoms with E-state index in [1.807, 2.05) is 0 Å². The third-order valence-electron chi connectivity index (χ3n) is 4.63. The van der Waals surface area contributed by atoms with E-state index in [0.29, 0.717) is 0 Å². The molecule has 1 aliphatic rings. The van der Waals surface area contributed by atoms with E-state index in [-0.39, 0.29) is 41.2 Å². The molecule has 0 radical (unpaired) electrons. The maximum atomic E-state index is 15.5. The van der Waals surface area contributed by atoms with E-state index in [9.17, 15) is 19.4 Å². The minimum atomic E-state index is -2.44. The molecule has 0 saturated heterocycles. The Hall–Kier alpha value is -2.09. The summed E-state index contributed by atoms with van der Waals surface area (Å²) < 4.78 is 29.4. The average molecular weight is 383 g/mol. The summed E-state index contributed by atoms with van der Waals surface area (Å²) in [4.78, 5) is 16.5. The number of rotatable bonds is 4. The zero-order chi connectivity index (χ0) is 18.9. The molecule has 2 aromatic rings. The number of halogens is 3. The Morgan fingerprint density at radius 2 is 2.12 bits per heavy atom. The van der Waals surface area contributed by atoms with Crippen molar-refractivity contribution in [2.24, 2.45) is 0 Å². The van der Waals surface area contributed by atoms with Crippen LogP contribution in [0.25, 0.3) is 0 Å². The number of alkyl halides is 1. The summed E-state index contributed by atoms with van der Waals surface area (Å²) in [5, 5.41) is 22.5. The van der Waals surface area contributed by atoms with Gasteiger partial charge in [0.15, 0.2) is 0 Å². The van der Waals surface area contributed by atoms with Gasteiger partial charge in [-0.3, -0.25) is 9.78 Å². The molecule has 0 fully saturated rings. The lowest BCUT2D eigenvalue weighted by atomic mass is 9.74. The van der Waals surface area contributed by atoms with E-state index < -0.39 is 29.6 Å². The summed E-state index contributed by atoms with van der Waals surface area (Å²) in [7, 11) is 0. The largest absolute Gasteiger partial charge is 0.393 e. The molecule has 3 N–H and O–H groups in total. The van der Waals surface area contributed by atoms with Crippen LogP contribution in [0.4, 0.5) is 8.78 Å². The van der Waals surface area contributed by atoms with Crippen molar-refractivity contribution in [1.29, 1.82) is 0 Å². The summed E-state index contributed by atoms with van der Waals surface area (Å²) in [6.07, 6.45) is 0.844. The number of fused-ring (bicyclic) bond motifs is 1. The quantitative estimate of drug-likeness (QED) is 0.758. The first kappa shape index (κ1) is 18.7. The van der Waals surface area contributed by atoms with Crippen LogP contribution in [-0.2, 0) is 22.6 Å². The number of carbonyl (C=O) groups excluding carboxylic acids is 1. The molecule has 0 aliphatic heterocycles. The van der Waals surface area contributed by atoms with Gasteiger partial charge in [-0.2, -0.15) is 0 Å². The van der Waals surface area contributed by atoms with Gasteiger partial charge in [-0.15, -0.1) is 0 Å². The van der Waals surface area contributed by atoms with Gasteiger partial charge in [-0.05, 0) is 31.0 Å². The highest BCUT2D eigenvalue weighted by molar-refractivity contribution is 6.30. The van der Waals surface area contributed by atoms with Crippen molar-refractivity contribution in [3.05, 3.63) is 64.2 Å². The number of aliphatic hydroxyl groups is 2. The number of benzene rings is 1. The van der Waals surface area contributed by atoms with Gasteiger partial charge in [-0.25, -0.2) is 8.78 Å². The van der Waals surface area contributed by atoms with Crippen molar-refractivity contribution >= 4 is 17.5 Å². The molecule has 2 atom stereocenters. The Morgan fingerprint density at radius 3 is 2.81 bits per heavy atom. The standard InChI is InChI=1S/C18H17ClF2N2O3/c19-12-4-3-11(14(20)8-12)9-23-16(25)18(21)6-5-17(26,10-24)15-13(18)2-1-7-22-15/h1-4,7-8,24,26H,5-6,9-10H2,(H,23,25). The number of pyridine rings is 1. The maximum absolute atomic E-state index is 15.5. The van der Waals surface area contributed by atoms with E-state index >= 15 is 4.39 Å². The fourth-order valence-electron chi connectivity index (χ4n) is 3.10. The molecular weight excluding hydrogens is 366 g/mol. The number of amides is 1. The molecule has 5 nitrogen and oxygen atoms in total. The van der Waals surface area contributed by atoms with E-state index in [1.54, 1.807) is 0 Å². The van der Waals surface area contributed by atoms with Crippen LogP contribution in [0.2, 0.25) is 5.02 Å². The van der Waals surface area contributed by atoms with Crippen molar-refractivity contribution in [3.63, 3.8) is 0 Å². The molecule has 0 spiro atoms. The van der Waals surface area contributed by atoms with Crippen LogP contribution < -0.4 is 5.32 Å². The topological polar surface area (TPSA) is 82.5 Å². The molecule has 8 heteroatoms. The molecule has 26 heavy (non-hydrogen) atoms. The Kier molecular flexibility index (Phi) is 4.96. The lowest BCUT2D eigenvalue weighted by molar-refractivity contribution is -0.138. The normalized spacial score (nSPS) is 24.8. The molecule has 1 amide bonds. The highest BCUT2D eigenvalue weighted by Gasteiger charge is 2.51. The lowest BCUT2D eigenvalue weighted by Crippen LogP contribution is -2.49. The highest BCUT2D eigenvalue weighted by atomic mass is 35.5. The highest BCUT2D eigenvalue weighted by Crippen LogP contribution is 2.45. The van der Waals surface area contributed by atoms with Crippen LogP contribution >= 0.6 is 11.6 Å². The van der Waals surface area contributed by atoms with Gasteiger partial charge in [0.05, 0.1) is 12.3 Å². The van der Waals surface area contributed by atoms with Crippen LogP contribution in [0.5, 0.6) is 0 Å². The van der Waals surface area contributed by atoms with Gasteiger partial charge >= 0.3 is 0 Å². The number of hydrogen-bond acceptors (Lipinski definition) is 4. The van der Waals surface area contributed by atoms with E-state index in [0.717, 1.165) is 6.07 Å². The molecular formula is C18H17ClF2N2O3. The maximum Gasteiger partial charge on any atom is 0.262 e. The van der Waals surface area contributed by atoms with Crippen molar-refractivity contribution < 1.29 is 23.8 Å². The van der Waals surface area contributed by atoms with Gasteiger partial charge in [0, 0.05) is 28.9 Å². The monoisotopic (exact) mass is 382 g/mol. The molecule has 1 aliphatic carbocycles. The van der Waals surface area contributed by atoms with Gasteiger partial charge in [-0.1, -0.05) is 23.7 Å². The predicted molar refractivity (Wildman–Crippen MR) is 90.5 cm³/mol. The van der Waals surface area contributed by atoms with Crippen LogP contribution in [0.3, 0.4) is 0 Å². The molecule has 1 aromatic carbocycles. The summed E-state index contributed by atoms with van der Waals surface area (Å²) in [5.41, 5.74) is -4.13. The van der Waals surface area contributed by atoms with Crippen molar-refractivity contribution in [2.45, 2.75) is 30.7 Å². The number of nitrogens with one attached hydrogen (secondary N) is 1. The smallest absolute Gasteiger partial charge is 0.262 e. The van der Waals surface area contributed by atoms with Crippen molar-refractivity contribution in [2.75, 3.05) is 6.61 Å².